The van der Waals surface area contributed by atoms with Gasteiger partial charge in [0.05, 0.1) is 18.4 Å². The third-order valence-electron chi connectivity index (χ3n) is 4.96. The first-order valence-corrected chi connectivity index (χ1v) is 9.34. The van der Waals surface area contributed by atoms with Crippen LogP contribution in [0, 0.1) is 6.92 Å². The van der Waals surface area contributed by atoms with Crippen LogP contribution in [0.2, 0.25) is 0 Å². The number of nitrogens with zero attached hydrogens (tertiary/aromatic N) is 3. The highest BCUT2D eigenvalue weighted by Gasteiger charge is 2.46. The number of ketones is 1. The van der Waals surface area contributed by atoms with Crippen molar-refractivity contribution < 1.29 is 19.4 Å². The standard InChI is InChI=1S/C22H25N3O4/c1-14-13-15(8-9-17(14)29-4)20(26)18-19(16-7-5-6-10-23-16)25(12-11-24(2)3)22(28)21(18)27/h5-10,13,19,26H,11-12H2,1-4H3/t19-/m0/s1. The summed E-state index contributed by atoms with van der Waals surface area (Å²) < 4.78 is 5.26. The summed E-state index contributed by atoms with van der Waals surface area (Å²) in [6, 6.07) is 9.71. The molecule has 7 heteroatoms. The third-order valence-corrected chi connectivity index (χ3v) is 4.96. The lowest BCUT2D eigenvalue weighted by Gasteiger charge is -2.25. The molecule has 1 fully saturated rings. The number of hydrogen-bond acceptors (Lipinski definition) is 6. The molecule has 1 saturated heterocycles. The molecule has 1 aliphatic heterocycles. The number of benzene rings is 1. The van der Waals surface area contributed by atoms with E-state index in [0.29, 0.717) is 30.1 Å². The first-order valence-electron chi connectivity index (χ1n) is 9.34. The first-order chi connectivity index (χ1) is 13.8. The molecule has 0 saturated carbocycles. The van der Waals surface area contributed by atoms with E-state index in [9.17, 15) is 14.7 Å². The molecule has 0 radical (unpaired) electrons. The molecule has 0 unspecified atom stereocenters. The molecule has 1 atom stereocenters. The summed E-state index contributed by atoms with van der Waals surface area (Å²) >= 11 is 0. The lowest BCUT2D eigenvalue weighted by atomic mass is 9.97. The van der Waals surface area contributed by atoms with Crippen molar-refractivity contribution in [3.05, 3.63) is 65.0 Å². The van der Waals surface area contributed by atoms with Crippen LogP contribution < -0.4 is 4.74 Å². The van der Waals surface area contributed by atoms with E-state index < -0.39 is 17.7 Å². The van der Waals surface area contributed by atoms with Crippen molar-refractivity contribution in [2.75, 3.05) is 34.3 Å². The number of pyridine rings is 1. The maximum absolute atomic E-state index is 12.9. The van der Waals surface area contributed by atoms with Crippen molar-refractivity contribution in [1.82, 2.24) is 14.8 Å². The van der Waals surface area contributed by atoms with Gasteiger partial charge in [-0.15, -0.1) is 0 Å². The molecule has 152 valence electrons. The van der Waals surface area contributed by atoms with Crippen LogP contribution in [-0.4, -0.2) is 65.9 Å². The molecule has 1 N–H and O–H groups in total. The summed E-state index contributed by atoms with van der Waals surface area (Å²) in [6.07, 6.45) is 1.61. The Labute approximate surface area is 170 Å². The van der Waals surface area contributed by atoms with Crippen LogP contribution in [0.25, 0.3) is 5.76 Å². The number of Topliss-reactive ketones (excluding diaryl/α,β-unsaturated/α-hetero) is 1. The van der Waals surface area contributed by atoms with Crippen molar-refractivity contribution >= 4 is 17.4 Å². The summed E-state index contributed by atoms with van der Waals surface area (Å²) in [4.78, 5) is 33.4. The van der Waals surface area contributed by atoms with E-state index in [-0.39, 0.29) is 11.3 Å². The van der Waals surface area contributed by atoms with Crippen molar-refractivity contribution in [3.63, 3.8) is 0 Å². The van der Waals surface area contributed by atoms with Crippen molar-refractivity contribution in [2.24, 2.45) is 0 Å². The minimum atomic E-state index is -0.737. The molecule has 3 rings (SSSR count). The van der Waals surface area contributed by atoms with Gasteiger partial charge in [0, 0.05) is 24.8 Å². The number of methoxy groups -OCH3 is 1. The second-order valence-electron chi connectivity index (χ2n) is 7.23. The molecule has 1 aliphatic rings. The Morgan fingerprint density at radius 3 is 2.59 bits per heavy atom. The normalized spacial score (nSPS) is 18.5. The van der Waals surface area contributed by atoms with Gasteiger partial charge < -0.3 is 19.6 Å². The van der Waals surface area contributed by atoms with Crippen LogP contribution in [0.5, 0.6) is 5.75 Å². The quantitative estimate of drug-likeness (QED) is 0.459. The van der Waals surface area contributed by atoms with Crippen LogP contribution in [0.4, 0.5) is 0 Å². The fourth-order valence-electron chi connectivity index (χ4n) is 3.44. The van der Waals surface area contributed by atoms with Crippen molar-refractivity contribution in [3.8, 4) is 5.75 Å². The Kier molecular flexibility index (Phi) is 5.98. The molecule has 1 aromatic heterocycles. The Hall–Kier alpha value is -3.19. The zero-order valence-corrected chi connectivity index (χ0v) is 17.0. The largest absolute Gasteiger partial charge is 0.507 e. The molecule has 1 aromatic carbocycles. The lowest BCUT2D eigenvalue weighted by Crippen LogP contribution is -2.35. The van der Waals surface area contributed by atoms with Crippen LogP contribution in [0.1, 0.15) is 22.9 Å². The topological polar surface area (TPSA) is 83.0 Å². The van der Waals surface area contributed by atoms with Gasteiger partial charge in [-0.05, 0) is 56.9 Å². The van der Waals surface area contributed by atoms with Gasteiger partial charge in [-0.3, -0.25) is 14.6 Å². The van der Waals surface area contributed by atoms with E-state index in [1.807, 2.05) is 25.9 Å². The zero-order chi connectivity index (χ0) is 21.1. The van der Waals surface area contributed by atoms with E-state index >= 15 is 0 Å². The molecule has 2 heterocycles. The van der Waals surface area contributed by atoms with Gasteiger partial charge >= 0.3 is 0 Å². The number of likely N-dealkylation sites (tertiary alicyclic amines) is 1. The highest BCUT2D eigenvalue weighted by Crippen LogP contribution is 2.38. The zero-order valence-electron chi connectivity index (χ0n) is 17.0. The van der Waals surface area contributed by atoms with Gasteiger partial charge in [0.25, 0.3) is 11.7 Å². The van der Waals surface area contributed by atoms with Crippen LogP contribution in [0.3, 0.4) is 0 Å². The molecule has 0 aliphatic carbocycles. The molecule has 7 nitrogen and oxygen atoms in total. The van der Waals surface area contributed by atoms with Crippen molar-refractivity contribution in [1.29, 1.82) is 0 Å². The number of carbonyl (C=O) groups is 2. The summed E-state index contributed by atoms with van der Waals surface area (Å²) in [6.45, 7) is 2.77. The molecular formula is C22H25N3O4. The number of carbonyl (C=O) groups excluding carboxylic acids is 2. The minimum absolute atomic E-state index is 0.0528. The highest BCUT2D eigenvalue weighted by molar-refractivity contribution is 6.46. The molecule has 0 spiro atoms. The molecule has 2 aromatic rings. The van der Waals surface area contributed by atoms with Gasteiger partial charge in [-0.1, -0.05) is 6.07 Å². The van der Waals surface area contributed by atoms with E-state index in [1.54, 1.807) is 49.7 Å². The van der Waals surface area contributed by atoms with E-state index in [1.165, 1.54) is 4.90 Å². The van der Waals surface area contributed by atoms with Gasteiger partial charge in [0.15, 0.2) is 0 Å². The lowest BCUT2D eigenvalue weighted by molar-refractivity contribution is -0.140. The average molecular weight is 395 g/mol. The van der Waals surface area contributed by atoms with E-state index in [0.717, 1.165) is 5.56 Å². The minimum Gasteiger partial charge on any atom is -0.507 e. The predicted molar refractivity (Wildman–Crippen MR) is 110 cm³/mol. The van der Waals surface area contributed by atoms with Gasteiger partial charge in [-0.25, -0.2) is 0 Å². The summed E-state index contributed by atoms with van der Waals surface area (Å²) in [5.74, 6) is -0.869. The maximum atomic E-state index is 12.9. The molecule has 29 heavy (non-hydrogen) atoms. The fraction of sp³-hybridized carbons (Fsp3) is 0.318. The first kappa shape index (κ1) is 20.5. The Bertz CT molecular complexity index is 954. The van der Waals surface area contributed by atoms with E-state index in [4.69, 9.17) is 4.74 Å². The average Bonchev–Trinajstić information content (AvgIpc) is 2.97. The summed E-state index contributed by atoms with van der Waals surface area (Å²) in [5.41, 5.74) is 1.86. The molecular weight excluding hydrogens is 370 g/mol. The number of rotatable bonds is 6. The number of amides is 1. The third kappa shape index (κ3) is 4.00. The van der Waals surface area contributed by atoms with Crippen LogP contribution in [-0.2, 0) is 9.59 Å². The van der Waals surface area contributed by atoms with Gasteiger partial charge in [0.2, 0.25) is 0 Å². The number of hydrogen-bond donors (Lipinski definition) is 1. The molecule has 0 bridgehead atoms. The number of aromatic nitrogens is 1. The highest BCUT2D eigenvalue weighted by atomic mass is 16.5. The second-order valence-corrected chi connectivity index (χ2v) is 7.23. The fourth-order valence-corrected chi connectivity index (χ4v) is 3.44. The number of aryl methyl sites for hydroxylation is 1. The second kappa shape index (κ2) is 8.45. The van der Waals surface area contributed by atoms with Crippen LogP contribution >= 0.6 is 0 Å². The number of ether oxygens (including phenoxy) is 1. The Morgan fingerprint density at radius 2 is 2.00 bits per heavy atom. The monoisotopic (exact) mass is 395 g/mol. The smallest absolute Gasteiger partial charge is 0.295 e. The predicted octanol–water partition coefficient (Wildman–Crippen LogP) is 2.38. The maximum Gasteiger partial charge on any atom is 0.295 e. The summed E-state index contributed by atoms with van der Waals surface area (Å²) in [5, 5.41) is 11.0. The van der Waals surface area contributed by atoms with Crippen molar-refractivity contribution in [2.45, 2.75) is 13.0 Å². The number of aliphatic hydroxyl groups is 1. The Morgan fingerprint density at radius 1 is 1.24 bits per heavy atom. The summed E-state index contributed by atoms with van der Waals surface area (Å²) in [7, 11) is 5.36. The van der Waals surface area contributed by atoms with Crippen LogP contribution in [0.15, 0.2) is 48.2 Å². The van der Waals surface area contributed by atoms with Gasteiger partial charge in [-0.2, -0.15) is 0 Å². The van der Waals surface area contributed by atoms with Gasteiger partial charge in [0.1, 0.15) is 17.6 Å². The number of aliphatic hydroxyl groups excluding tert-OH is 1. The SMILES string of the molecule is COc1ccc(C(O)=C2C(=O)C(=O)N(CCN(C)C)[C@H]2c2ccccn2)cc1C. The Balaban J connectivity index is 2.13. The van der Waals surface area contributed by atoms with E-state index in [2.05, 4.69) is 4.98 Å². The number of likely N-dealkylation sites (N-methyl/N-ethyl adjacent to an activating group) is 1. The molecule has 1 amide bonds.